The lowest BCUT2D eigenvalue weighted by atomic mass is 10.0. The zero-order chi connectivity index (χ0) is 20.1. The van der Waals surface area contributed by atoms with Gasteiger partial charge in [0.15, 0.2) is 5.58 Å². The quantitative estimate of drug-likeness (QED) is 0.429. The molecule has 0 aliphatic rings. The van der Waals surface area contributed by atoms with Crippen molar-refractivity contribution in [1.82, 2.24) is 5.16 Å². The molecule has 0 aliphatic heterocycles. The van der Waals surface area contributed by atoms with E-state index in [9.17, 15) is 4.39 Å². The first-order valence-electron chi connectivity index (χ1n) is 8.61. The van der Waals surface area contributed by atoms with Crippen LogP contribution in [-0.4, -0.2) is 23.8 Å². The number of fused-ring (bicyclic) bond motifs is 1. The van der Waals surface area contributed by atoms with Gasteiger partial charge in [0.1, 0.15) is 5.75 Å². The van der Waals surface area contributed by atoms with E-state index in [0.29, 0.717) is 16.7 Å². The van der Waals surface area contributed by atoms with Gasteiger partial charge >= 0.3 is 6.02 Å². The molecular formula is C21H20FN3O3. The van der Waals surface area contributed by atoms with Crippen molar-refractivity contribution < 1.29 is 18.4 Å². The summed E-state index contributed by atoms with van der Waals surface area (Å²) in [6.45, 7) is 7.97. The van der Waals surface area contributed by atoms with Crippen LogP contribution >= 0.6 is 0 Å². The molecule has 3 rings (SSSR count). The number of hydrogen-bond acceptors (Lipinski definition) is 5. The standard InChI is InChI=1S/C21H20FN3O3/c1-5-12-24-20(23-4)26-19-17-13-15(8-11-18(17)28-25-19)14-6-9-16(10-7-14)27-21(2,3)22/h5-13H,4H2,1-3H3. The molecule has 1 aromatic heterocycles. The van der Waals surface area contributed by atoms with Crippen molar-refractivity contribution in [2.24, 2.45) is 9.98 Å². The Morgan fingerprint density at radius 1 is 1.18 bits per heavy atom. The van der Waals surface area contributed by atoms with Crippen LogP contribution in [0, 0.1) is 0 Å². The fourth-order valence-corrected chi connectivity index (χ4v) is 2.49. The second-order valence-corrected chi connectivity index (χ2v) is 6.34. The maximum absolute atomic E-state index is 13.6. The maximum atomic E-state index is 13.6. The highest BCUT2D eigenvalue weighted by Gasteiger charge is 2.17. The number of benzene rings is 2. The van der Waals surface area contributed by atoms with Crippen molar-refractivity contribution in [1.29, 1.82) is 0 Å². The Morgan fingerprint density at radius 3 is 2.54 bits per heavy atom. The van der Waals surface area contributed by atoms with Crippen LogP contribution in [0.4, 0.5) is 4.39 Å². The van der Waals surface area contributed by atoms with Crippen LogP contribution in [0.1, 0.15) is 20.8 Å². The summed E-state index contributed by atoms with van der Waals surface area (Å²) in [5.74, 6) is -1.04. The molecule has 2 aromatic carbocycles. The molecule has 0 aliphatic carbocycles. The third-order valence-electron chi connectivity index (χ3n) is 3.64. The molecule has 0 fully saturated rings. The molecule has 6 nitrogen and oxygen atoms in total. The molecule has 0 saturated heterocycles. The number of rotatable bonds is 5. The van der Waals surface area contributed by atoms with E-state index in [2.05, 4.69) is 21.9 Å². The van der Waals surface area contributed by atoms with Gasteiger partial charge in [-0.25, -0.2) is 9.98 Å². The van der Waals surface area contributed by atoms with Gasteiger partial charge in [0, 0.05) is 20.0 Å². The summed E-state index contributed by atoms with van der Waals surface area (Å²) in [5.41, 5.74) is 2.39. The van der Waals surface area contributed by atoms with Crippen LogP contribution in [0.2, 0.25) is 0 Å². The Bertz CT molecular complexity index is 1030. The zero-order valence-electron chi connectivity index (χ0n) is 15.8. The van der Waals surface area contributed by atoms with E-state index in [0.717, 1.165) is 11.1 Å². The number of halogens is 1. The summed E-state index contributed by atoms with van der Waals surface area (Å²) in [7, 11) is 0. The first-order valence-corrected chi connectivity index (χ1v) is 8.61. The fraction of sp³-hybridized carbons (Fsp3) is 0.190. The average Bonchev–Trinajstić information content (AvgIpc) is 3.06. The molecule has 28 heavy (non-hydrogen) atoms. The zero-order valence-corrected chi connectivity index (χ0v) is 15.8. The third kappa shape index (κ3) is 4.62. The van der Waals surface area contributed by atoms with Crippen molar-refractivity contribution in [3.8, 4) is 22.8 Å². The molecule has 0 spiro atoms. The minimum absolute atomic E-state index is 0.0639. The van der Waals surface area contributed by atoms with Crippen LogP contribution in [0.15, 0.2) is 69.2 Å². The molecule has 3 aromatic rings. The van der Waals surface area contributed by atoms with Gasteiger partial charge in [-0.3, -0.25) is 0 Å². The third-order valence-corrected chi connectivity index (χ3v) is 3.64. The molecule has 0 amide bonds. The number of allylic oxidation sites excluding steroid dienone is 1. The second-order valence-electron chi connectivity index (χ2n) is 6.34. The number of aromatic nitrogens is 1. The monoisotopic (exact) mass is 381 g/mol. The Hall–Kier alpha value is -3.48. The van der Waals surface area contributed by atoms with E-state index in [-0.39, 0.29) is 11.9 Å². The Kier molecular flexibility index (Phi) is 5.54. The molecule has 1 heterocycles. The van der Waals surface area contributed by atoms with Gasteiger partial charge < -0.3 is 14.0 Å². The van der Waals surface area contributed by atoms with Gasteiger partial charge in [0.25, 0.3) is 5.88 Å². The van der Waals surface area contributed by atoms with Crippen LogP contribution in [0.25, 0.3) is 22.1 Å². The lowest BCUT2D eigenvalue weighted by Crippen LogP contribution is -2.20. The number of nitrogens with zero attached hydrogens (tertiary/aromatic N) is 3. The molecule has 144 valence electrons. The molecule has 0 saturated carbocycles. The smallest absolute Gasteiger partial charge is 0.322 e. The van der Waals surface area contributed by atoms with Crippen LogP contribution in [-0.2, 0) is 0 Å². The topological polar surface area (TPSA) is 69.2 Å². The van der Waals surface area contributed by atoms with Gasteiger partial charge in [0.05, 0.1) is 5.39 Å². The largest absolute Gasteiger partial charge is 0.459 e. The van der Waals surface area contributed by atoms with Crippen molar-refractivity contribution >= 4 is 23.7 Å². The number of hydrogen-bond donors (Lipinski definition) is 0. The molecule has 0 N–H and O–H groups in total. The summed E-state index contributed by atoms with van der Waals surface area (Å²) in [4.78, 5) is 7.75. The Balaban J connectivity index is 1.90. The van der Waals surface area contributed by atoms with Crippen molar-refractivity contribution in [2.75, 3.05) is 0 Å². The number of aliphatic imine (C=N–C) groups is 2. The van der Waals surface area contributed by atoms with Gasteiger partial charge in [-0.15, -0.1) is 0 Å². The summed E-state index contributed by atoms with van der Waals surface area (Å²) >= 11 is 0. The van der Waals surface area contributed by atoms with E-state index in [1.165, 1.54) is 13.8 Å². The summed E-state index contributed by atoms with van der Waals surface area (Å²) in [6.07, 6.45) is 3.28. The molecular weight excluding hydrogens is 361 g/mol. The van der Waals surface area contributed by atoms with E-state index in [1.54, 1.807) is 30.5 Å². The Labute approximate surface area is 162 Å². The second kappa shape index (κ2) is 8.04. The van der Waals surface area contributed by atoms with Crippen molar-refractivity contribution in [3.05, 3.63) is 54.7 Å². The summed E-state index contributed by atoms with van der Waals surface area (Å²) in [5, 5.41) is 4.59. The molecule has 0 radical (unpaired) electrons. The molecule has 0 bridgehead atoms. The van der Waals surface area contributed by atoms with Crippen LogP contribution in [0.3, 0.4) is 0 Å². The predicted molar refractivity (Wildman–Crippen MR) is 108 cm³/mol. The average molecular weight is 381 g/mol. The first-order chi connectivity index (χ1) is 13.4. The van der Waals surface area contributed by atoms with Crippen LogP contribution in [0.5, 0.6) is 11.6 Å². The van der Waals surface area contributed by atoms with Gasteiger partial charge in [-0.2, -0.15) is 4.39 Å². The van der Waals surface area contributed by atoms with Crippen molar-refractivity contribution in [3.63, 3.8) is 0 Å². The van der Waals surface area contributed by atoms with Crippen molar-refractivity contribution in [2.45, 2.75) is 26.6 Å². The van der Waals surface area contributed by atoms with Gasteiger partial charge in [-0.05, 0) is 54.2 Å². The van der Waals surface area contributed by atoms with E-state index < -0.39 is 5.85 Å². The summed E-state index contributed by atoms with van der Waals surface area (Å²) in [6, 6.07) is 12.8. The highest BCUT2D eigenvalue weighted by atomic mass is 19.2. The predicted octanol–water partition coefficient (Wildman–Crippen LogP) is 5.55. The van der Waals surface area contributed by atoms with E-state index in [4.69, 9.17) is 14.0 Å². The first kappa shape index (κ1) is 19.3. The minimum atomic E-state index is -1.74. The molecule has 0 atom stereocenters. The van der Waals surface area contributed by atoms with E-state index >= 15 is 0 Å². The van der Waals surface area contributed by atoms with Gasteiger partial charge in [-0.1, -0.05) is 24.3 Å². The highest BCUT2D eigenvalue weighted by Crippen LogP contribution is 2.31. The summed E-state index contributed by atoms with van der Waals surface area (Å²) < 4.78 is 29.7. The number of ether oxygens (including phenoxy) is 2. The van der Waals surface area contributed by atoms with E-state index in [1.807, 2.05) is 31.2 Å². The SMILES string of the molecule is C=NC(=NC=CC)Oc1noc2ccc(-c3ccc(OC(C)(C)F)cc3)cc12. The fourth-order valence-electron chi connectivity index (χ4n) is 2.49. The lowest BCUT2D eigenvalue weighted by molar-refractivity contribution is -0.0256. The van der Waals surface area contributed by atoms with Gasteiger partial charge in [0.2, 0.25) is 5.85 Å². The van der Waals surface area contributed by atoms with Crippen LogP contribution < -0.4 is 9.47 Å². The lowest BCUT2D eigenvalue weighted by Gasteiger charge is -2.17. The molecule has 0 unspecified atom stereocenters. The number of alkyl halides is 1. The Morgan fingerprint density at radius 2 is 1.89 bits per heavy atom. The minimum Gasteiger partial charge on any atom is -0.459 e. The maximum Gasteiger partial charge on any atom is 0.322 e. The normalized spacial score (nSPS) is 12.5. The molecule has 7 heteroatoms. The highest BCUT2D eigenvalue weighted by molar-refractivity contribution is 5.90. The number of amidine groups is 1.